The molecule has 2 aromatic heterocycles. The number of sulfone groups is 1. The molecule has 1 aliphatic rings. The lowest BCUT2D eigenvalue weighted by Gasteiger charge is -2.28. The molecule has 3 heterocycles. The van der Waals surface area contributed by atoms with E-state index in [1.165, 1.54) is 0 Å². The van der Waals surface area contributed by atoms with E-state index in [1.807, 2.05) is 17.5 Å². The van der Waals surface area contributed by atoms with Crippen molar-refractivity contribution in [1.82, 2.24) is 19.5 Å². The minimum atomic E-state index is -3.45. The molecule has 140 valence electrons. The van der Waals surface area contributed by atoms with Crippen molar-refractivity contribution in [3.8, 4) is 0 Å². The molecule has 1 aliphatic heterocycles. The molecular formula is C19H20N4O3S. The second kappa shape index (κ2) is 6.77. The number of benzene rings is 1. The highest BCUT2D eigenvalue weighted by Crippen LogP contribution is 2.21. The molecule has 0 spiro atoms. The summed E-state index contributed by atoms with van der Waals surface area (Å²) in [5, 5.41) is 4.47. The molecule has 27 heavy (non-hydrogen) atoms. The van der Waals surface area contributed by atoms with Crippen molar-refractivity contribution in [3.05, 3.63) is 59.5 Å². The monoisotopic (exact) mass is 384 g/mol. The van der Waals surface area contributed by atoms with Crippen LogP contribution in [0.1, 0.15) is 23.4 Å². The lowest BCUT2D eigenvalue weighted by molar-refractivity contribution is -0.131. The van der Waals surface area contributed by atoms with E-state index in [2.05, 4.69) is 10.1 Å². The van der Waals surface area contributed by atoms with E-state index in [0.717, 1.165) is 22.6 Å². The molecule has 0 atom stereocenters. The molecule has 0 aliphatic carbocycles. The predicted molar refractivity (Wildman–Crippen MR) is 100.0 cm³/mol. The van der Waals surface area contributed by atoms with E-state index in [9.17, 15) is 13.2 Å². The van der Waals surface area contributed by atoms with Gasteiger partial charge in [0.2, 0.25) is 5.91 Å². The Bertz CT molecular complexity index is 1110. The Hall–Kier alpha value is -2.74. The van der Waals surface area contributed by atoms with Crippen LogP contribution in [0.15, 0.2) is 47.5 Å². The first-order valence-electron chi connectivity index (χ1n) is 8.83. The zero-order chi connectivity index (χ0) is 19.0. The minimum absolute atomic E-state index is 0.0247. The van der Waals surface area contributed by atoms with Gasteiger partial charge in [-0.15, -0.1) is 0 Å². The molecule has 8 heteroatoms. The van der Waals surface area contributed by atoms with Gasteiger partial charge in [-0.05, 0) is 19.1 Å². The van der Waals surface area contributed by atoms with Gasteiger partial charge in [0.1, 0.15) is 0 Å². The van der Waals surface area contributed by atoms with Gasteiger partial charge in [-0.2, -0.15) is 5.10 Å². The van der Waals surface area contributed by atoms with Crippen LogP contribution in [0.3, 0.4) is 0 Å². The van der Waals surface area contributed by atoms with Crippen LogP contribution in [0.5, 0.6) is 0 Å². The number of aryl methyl sites for hydroxylation is 1. The Morgan fingerprint density at radius 1 is 1.22 bits per heavy atom. The van der Waals surface area contributed by atoms with E-state index >= 15 is 0 Å². The van der Waals surface area contributed by atoms with Gasteiger partial charge in [-0.3, -0.25) is 4.79 Å². The molecule has 0 bridgehead atoms. The van der Waals surface area contributed by atoms with Gasteiger partial charge in [-0.25, -0.2) is 17.9 Å². The largest absolute Gasteiger partial charge is 0.338 e. The van der Waals surface area contributed by atoms with Crippen LogP contribution in [0.2, 0.25) is 0 Å². The van der Waals surface area contributed by atoms with E-state index in [-0.39, 0.29) is 23.0 Å². The Morgan fingerprint density at radius 2 is 2.00 bits per heavy atom. The highest BCUT2D eigenvalue weighted by molar-refractivity contribution is 7.91. The summed E-state index contributed by atoms with van der Waals surface area (Å²) >= 11 is 0. The summed E-state index contributed by atoms with van der Waals surface area (Å²) in [6.45, 7) is 2.91. The zero-order valence-electron chi connectivity index (χ0n) is 15.0. The zero-order valence-corrected chi connectivity index (χ0v) is 15.8. The van der Waals surface area contributed by atoms with Crippen LogP contribution in [0, 0.1) is 6.92 Å². The van der Waals surface area contributed by atoms with Crippen LogP contribution in [0.25, 0.3) is 5.65 Å². The summed E-state index contributed by atoms with van der Waals surface area (Å²) in [5.74, 6) is -0.341. The van der Waals surface area contributed by atoms with E-state index < -0.39 is 9.84 Å². The first-order valence-corrected chi connectivity index (χ1v) is 10.5. The number of hydrogen-bond acceptors (Lipinski definition) is 5. The highest BCUT2D eigenvalue weighted by Gasteiger charge is 2.25. The number of fused-ring (bicyclic) bond motifs is 3. The number of nitrogens with zero attached hydrogens (tertiary/aromatic N) is 4. The predicted octanol–water partition coefficient (Wildman–Crippen LogP) is 1.79. The quantitative estimate of drug-likeness (QED) is 0.685. The Balaban J connectivity index is 1.46. The van der Waals surface area contributed by atoms with Gasteiger partial charge in [-0.1, -0.05) is 18.2 Å². The van der Waals surface area contributed by atoms with Crippen LogP contribution in [0.4, 0.5) is 0 Å². The van der Waals surface area contributed by atoms with Gasteiger partial charge in [0.25, 0.3) is 0 Å². The number of carbonyl (C=O) groups is 1. The summed E-state index contributed by atoms with van der Waals surface area (Å²) in [6, 6.07) is 10.2. The molecule has 0 radical (unpaired) electrons. The summed E-state index contributed by atoms with van der Waals surface area (Å²) < 4.78 is 26.6. The van der Waals surface area contributed by atoms with Gasteiger partial charge in [0.05, 0.1) is 22.0 Å². The molecule has 1 aromatic carbocycles. The third-order valence-corrected chi connectivity index (χ3v) is 6.54. The molecule has 1 amide bonds. The molecule has 0 N–H and O–H groups in total. The van der Waals surface area contributed by atoms with Crippen molar-refractivity contribution in [1.29, 1.82) is 0 Å². The van der Waals surface area contributed by atoms with Gasteiger partial charge in [0, 0.05) is 43.8 Å². The first-order chi connectivity index (χ1) is 12.9. The van der Waals surface area contributed by atoms with Crippen molar-refractivity contribution in [2.45, 2.75) is 31.2 Å². The van der Waals surface area contributed by atoms with E-state index in [4.69, 9.17) is 0 Å². The third kappa shape index (κ3) is 3.44. The van der Waals surface area contributed by atoms with Crippen molar-refractivity contribution >= 4 is 21.4 Å². The molecule has 3 aromatic rings. The standard InChI is InChI=1S/C19H20N4O3S/c1-14-11-18-20-12-15-13-22(9-7-17(15)23(18)21-14)19(24)8-10-27(25,26)16-5-3-2-4-6-16/h2-6,11-12H,7-10,13H2,1H3. The normalized spacial score (nSPS) is 14.3. The van der Waals surface area contributed by atoms with Crippen LogP contribution >= 0.6 is 0 Å². The van der Waals surface area contributed by atoms with E-state index in [1.54, 1.807) is 41.4 Å². The second-order valence-electron chi connectivity index (χ2n) is 6.73. The summed E-state index contributed by atoms with van der Waals surface area (Å²) in [6.07, 6.45) is 2.43. The third-order valence-electron chi connectivity index (χ3n) is 4.81. The topological polar surface area (TPSA) is 84.6 Å². The second-order valence-corrected chi connectivity index (χ2v) is 8.84. The summed E-state index contributed by atoms with van der Waals surface area (Å²) in [7, 11) is -3.45. The number of hydrogen-bond donors (Lipinski definition) is 0. The average Bonchev–Trinajstić information content (AvgIpc) is 3.07. The number of carbonyl (C=O) groups excluding carboxylic acids is 1. The van der Waals surface area contributed by atoms with Gasteiger partial charge < -0.3 is 4.90 Å². The van der Waals surface area contributed by atoms with Crippen molar-refractivity contribution in [2.24, 2.45) is 0 Å². The van der Waals surface area contributed by atoms with Crippen molar-refractivity contribution in [2.75, 3.05) is 12.3 Å². The molecule has 4 rings (SSSR count). The minimum Gasteiger partial charge on any atom is -0.338 e. The lowest BCUT2D eigenvalue weighted by atomic mass is 10.1. The van der Waals surface area contributed by atoms with Gasteiger partial charge in [0.15, 0.2) is 15.5 Å². The van der Waals surface area contributed by atoms with Crippen LogP contribution in [-0.4, -0.2) is 46.1 Å². The van der Waals surface area contributed by atoms with Crippen molar-refractivity contribution in [3.63, 3.8) is 0 Å². The molecular weight excluding hydrogens is 364 g/mol. The van der Waals surface area contributed by atoms with Gasteiger partial charge >= 0.3 is 0 Å². The van der Waals surface area contributed by atoms with Crippen molar-refractivity contribution < 1.29 is 13.2 Å². The Morgan fingerprint density at radius 3 is 2.78 bits per heavy atom. The maximum atomic E-state index is 12.6. The first kappa shape index (κ1) is 17.7. The SMILES string of the molecule is Cc1cc2ncc3c(n2n1)CCN(C(=O)CCS(=O)(=O)c1ccccc1)C3. The molecule has 0 unspecified atom stereocenters. The van der Waals surface area contributed by atoms with Crippen LogP contribution in [-0.2, 0) is 27.6 Å². The fourth-order valence-electron chi connectivity index (χ4n) is 3.39. The fourth-order valence-corrected chi connectivity index (χ4v) is 4.64. The van der Waals surface area contributed by atoms with Crippen LogP contribution < -0.4 is 0 Å². The highest BCUT2D eigenvalue weighted by atomic mass is 32.2. The number of rotatable bonds is 4. The molecule has 0 saturated heterocycles. The van der Waals surface area contributed by atoms with E-state index in [0.29, 0.717) is 19.5 Å². The molecule has 0 saturated carbocycles. The smallest absolute Gasteiger partial charge is 0.223 e. The molecule has 7 nitrogen and oxygen atoms in total. The maximum Gasteiger partial charge on any atom is 0.223 e. The number of amides is 1. The summed E-state index contributed by atoms with van der Waals surface area (Å²) in [5.41, 5.74) is 3.73. The fraction of sp³-hybridized carbons (Fsp3) is 0.316. The number of aromatic nitrogens is 3. The Kier molecular flexibility index (Phi) is 4.43. The Labute approximate surface area is 157 Å². The summed E-state index contributed by atoms with van der Waals surface area (Å²) in [4.78, 5) is 18.9. The lowest BCUT2D eigenvalue weighted by Crippen LogP contribution is -2.37. The molecule has 0 fully saturated rings. The maximum absolute atomic E-state index is 12.6. The average molecular weight is 384 g/mol.